The lowest BCUT2D eigenvalue weighted by atomic mass is 9.83. The predicted octanol–water partition coefficient (Wildman–Crippen LogP) is 5.85. The summed E-state index contributed by atoms with van der Waals surface area (Å²) in [6.07, 6.45) is 6.65. The first kappa shape index (κ1) is 26.1. The zero-order valence-electron chi connectivity index (χ0n) is 21.8. The highest BCUT2D eigenvalue weighted by atomic mass is 19.3. The third-order valence-electron chi connectivity index (χ3n) is 7.86. The van der Waals surface area contributed by atoms with E-state index in [0.717, 1.165) is 72.2 Å². The Balaban J connectivity index is 1.59. The second kappa shape index (κ2) is 10.7. The highest BCUT2D eigenvalue weighted by molar-refractivity contribution is 5.95. The molecule has 3 aromatic rings. The summed E-state index contributed by atoms with van der Waals surface area (Å²) in [6.45, 7) is 0.733. The number of Topliss-reactive ketones (excluding diaryl/α,β-unsaturated/α-hetero) is 1. The number of aromatic nitrogens is 3. The molecule has 202 valence electrons. The lowest BCUT2D eigenvalue weighted by Crippen LogP contribution is -2.42. The molecule has 1 aliphatic carbocycles. The number of carbonyl (C=O) groups excluding carboxylic acids is 2. The number of ether oxygens (including phenoxy) is 2. The molecule has 0 spiro atoms. The van der Waals surface area contributed by atoms with E-state index in [1.807, 2.05) is 19.1 Å². The van der Waals surface area contributed by atoms with Crippen LogP contribution >= 0.6 is 0 Å². The van der Waals surface area contributed by atoms with Crippen molar-refractivity contribution < 1.29 is 27.8 Å². The second-order valence-corrected chi connectivity index (χ2v) is 10.2. The fourth-order valence-electron chi connectivity index (χ4n) is 5.98. The predicted molar refractivity (Wildman–Crippen MR) is 138 cm³/mol. The molecule has 1 fully saturated rings. The first-order valence-corrected chi connectivity index (χ1v) is 13.1. The number of benzene rings is 1. The van der Waals surface area contributed by atoms with Crippen molar-refractivity contribution in [1.29, 1.82) is 0 Å². The third kappa shape index (κ3) is 4.96. The number of ketones is 1. The Morgan fingerprint density at radius 1 is 1.16 bits per heavy atom. The fraction of sp³-hybridized carbons (Fsp3) is 0.500. The first-order chi connectivity index (χ1) is 18.3. The summed E-state index contributed by atoms with van der Waals surface area (Å²) in [5.41, 5.74) is 4.43. The number of amides is 1. The summed E-state index contributed by atoms with van der Waals surface area (Å²) < 4.78 is 36.8. The van der Waals surface area contributed by atoms with E-state index in [1.54, 1.807) is 17.9 Å². The smallest absolute Gasteiger partial charge is 0.414 e. The molecule has 8 nitrogen and oxygen atoms in total. The van der Waals surface area contributed by atoms with Gasteiger partial charge in [0.15, 0.2) is 0 Å². The maximum absolute atomic E-state index is 12.6. The number of fused-ring (bicyclic) bond motifs is 3. The average molecular weight is 527 g/mol. The number of alkyl halides is 2. The molecule has 0 radical (unpaired) electrons. The largest absolute Gasteiger partial charge is 0.452 e. The summed E-state index contributed by atoms with van der Waals surface area (Å²) in [7, 11) is 1.38. The molecular formula is C28H32F2N4O4. The Kier molecular flexibility index (Phi) is 7.32. The monoisotopic (exact) mass is 526 g/mol. The standard InChI is InChI=1S/C28H32F2N4O4/c1-16-7-9-21-22(33(16)28(36)37-3)10-11-23-26(21)32-24(13-18-8-12-25(31-15-18)38-27(29)30)34(23)20-6-4-5-19(14-20)17(2)35/h8,10-12,15-16,19-20,27H,4-7,9,13-14H2,1-3H3/t16-,19+,20+/m0/s1. The normalized spacial score (nSPS) is 21.4. The molecule has 1 saturated carbocycles. The molecule has 10 heteroatoms. The zero-order valence-corrected chi connectivity index (χ0v) is 21.8. The minimum Gasteiger partial charge on any atom is -0.452 e. The van der Waals surface area contributed by atoms with Gasteiger partial charge in [0, 0.05) is 42.2 Å². The van der Waals surface area contributed by atoms with Gasteiger partial charge in [-0.05, 0) is 63.6 Å². The lowest BCUT2D eigenvalue weighted by molar-refractivity contribution is -0.122. The minimum absolute atomic E-state index is 0.00340. The minimum atomic E-state index is -2.93. The van der Waals surface area contributed by atoms with Crippen LogP contribution in [-0.4, -0.2) is 46.2 Å². The molecule has 1 amide bonds. The van der Waals surface area contributed by atoms with Crippen LogP contribution in [0.5, 0.6) is 5.88 Å². The molecule has 2 aliphatic rings. The fourth-order valence-corrected chi connectivity index (χ4v) is 5.98. The number of rotatable bonds is 6. The van der Waals surface area contributed by atoms with Crippen molar-refractivity contribution in [2.45, 2.75) is 77.5 Å². The number of aryl methyl sites for hydroxylation is 1. The molecule has 0 unspecified atom stereocenters. The SMILES string of the molecule is COC(=O)N1c2ccc3c(nc(Cc4ccc(OC(F)F)nc4)n3[C@@H]3CCC[C@@H](C(C)=O)C3)c2CC[C@@H]1C. The van der Waals surface area contributed by atoms with Gasteiger partial charge in [0.25, 0.3) is 0 Å². The van der Waals surface area contributed by atoms with Crippen molar-refractivity contribution >= 4 is 28.6 Å². The Bertz CT molecular complexity index is 1340. The van der Waals surface area contributed by atoms with E-state index in [9.17, 15) is 18.4 Å². The van der Waals surface area contributed by atoms with Crippen molar-refractivity contribution in [2.24, 2.45) is 5.92 Å². The second-order valence-electron chi connectivity index (χ2n) is 10.2. The van der Waals surface area contributed by atoms with Gasteiger partial charge >= 0.3 is 12.7 Å². The Hall–Kier alpha value is -3.56. The van der Waals surface area contributed by atoms with Crippen LogP contribution in [0.15, 0.2) is 30.5 Å². The number of imidazole rings is 1. The van der Waals surface area contributed by atoms with Crippen LogP contribution in [0.1, 0.15) is 68.9 Å². The molecule has 1 aliphatic heterocycles. The van der Waals surface area contributed by atoms with E-state index < -0.39 is 12.7 Å². The number of nitrogens with zero attached hydrogens (tertiary/aromatic N) is 4. The van der Waals surface area contributed by atoms with Crippen LogP contribution in [-0.2, 0) is 22.4 Å². The Morgan fingerprint density at radius 2 is 1.97 bits per heavy atom. The molecule has 0 bridgehead atoms. The number of carbonyl (C=O) groups is 2. The first-order valence-electron chi connectivity index (χ1n) is 13.1. The number of anilines is 1. The van der Waals surface area contributed by atoms with Crippen LogP contribution in [0.3, 0.4) is 0 Å². The maximum Gasteiger partial charge on any atom is 0.414 e. The van der Waals surface area contributed by atoms with Crippen molar-refractivity contribution in [3.63, 3.8) is 0 Å². The van der Waals surface area contributed by atoms with Crippen LogP contribution in [0.25, 0.3) is 11.0 Å². The van der Waals surface area contributed by atoms with Gasteiger partial charge in [-0.3, -0.25) is 9.69 Å². The molecule has 2 aromatic heterocycles. The van der Waals surface area contributed by atoms with E-state index in [0.29, 0.717) is 6.42 Å². The molecule has 3 atom stereocenters. The molecule has 3 heterocycles. The average Bonchev–Trinajstić information content (AvgIpc) is 3.27. The topological polar surface area (TPSA) is 86.5 Å². The zero-order chi connectivity index (χ0) is 27.0. The summed E-state index contributed by atoms with van der Waals surface area (Å²) in [4.78, 5) is 35.7. The number of hydrogen-bond acceptors (Lipinski definition) is 6. The molecule has 5 rings (SSSR count). The third-order valence-corrected chi connectivity index (χ3v) is 7.86. The van der Waals surface area contributed by atoms with Crippen molar-refractivity contribution in [3.8, 4) is 5.88 Å². The summed E-state index contributed by atoms with van der Waals surface area (Å²) in [6, 6.07) is 7.22. The quantitative estimate of drug-likeness (QED) is 0.400. The summed E-state index contributed by atoms with van der Waals surface area (Å²) in [5.74, 6) is 0.898. The molecular weight excluding hydrogens is 494 g/mol. The number of hydrogen-bond donors (Lipinski definition) is 0. The Labute approximate surface area is 219 Å². The van der Waals surface area contributed by atoms with E-state index >= 15 is 0 Å². The van der Waals surface area contributed by atoms with Crippen LogP contribution in [0.4, 0.5) is 19.3 Å². The van der Waals surface area contributed by atoms with Gasteiger partial charge in [-0.25, -0.2) is 14.8 Å². The van der Waals surface area contributed by atoms with E-state index in [1.165, 1.54) is 19.4 Å². The summed E-state index contributed by atoms with van der Waals surface area (Å²) in [5, 5.41) is 0. The Morgan fingerprint density at radius 3 is 2.66 bits per heavy atom. The number of halogens is 2. The highest BCUT2D eigenvalue weighted by Crippen LogP contribution is 2.41. The van der Waals surface area contributed by atoms with Crippen molar-refractivity contribution in [1.82, 2.24) is 14.5 Å². The van der Waals surface area contributed by atoms with Gasteiger partial charge in [-0.2, -0.15) is 8.78 Å². The highest BCUT2D eigenvalue weighted by Gasteiger charge is 2.33. The molecule has 0 N–H and O–H groups in total. The van der Waals surface area contributed by atoms with Gasteiger partial charge in [0.1, 0.15) is 11.6 Å². The van der Waals surface area contributed by atoms with Gasteiger partial charge < -0.3 is 14.0 Å². The number of methoxy groups -OCH3 is 1. The van der Waals surface area contributed by atoms with E-state index in [-0.39, 0.29) is 29.7 Å². The molecule has 0 saturated heterocycles. The molecule has 1 aromatic carbocycles. The van der Waals surface area contributed by atoms with Crippen LogP contribution in [0, 0.1) is 5.92 Å². The van der Waals surface area contributed by atoms with Crippen molar-refractivity contribution in [2.75, 3.05) is 12.0 Å². The number of pyridine rings is 1. The van der Waals surface area contributed by atoms with Gasteiger partial charge in [-0.1, -0.05) is 12.5 Å². The van der Waals surface area contributed by atoms with Gasteiger partial charge in [0.05, 0.1) is 23.8 Å². The van der Waals surface area contributed by atoms with Crippen molar-refractivity contribution in [3.05, 3.63) is 47.4 Å². The van der Waals surface area contributed by atoms with Gasteiger partial charge in [-0.15, -0.1) is 0 Å². The van der Waals surface area contributed by atoms with Crippen LogP contribution in [0.2, 0.25) is 0 Å². The summed E-state index contributed by atoms with van der Waals surface area (Å²) >= 11 is 0. The van der Waals surface area contributed by atoms with E-state index in [4.69, 9.17) is 9.72 Å². The van der Waals surface area contributed by atoms with Gasteiger partial charge in [0.2, 0.25) is 5.88 Å². The van der Waals surface area contributed by atoms with E-state index in [2.05, 4.69) is 14.3 Å². The lowest BCUT2D eigenvalue weighted by Gasteiger charge is -2.34. The maximum atomic E-state index is 12.6. The van der Waals surface area contributed by atoms with Crippen LogP contribution < -0.4 is 9.64 Å². The molecule has 38 heavy (non-hydrogen) atoms.